The third-order valence-electron chi connectivity index (χ3n) is 6.28. The molecule has 0 amide bonds. The predicted molar refractivity (Wildman–Crippen MR) is 139 cm³/mol. The fraction of sp³-hybridized carbons (Fsp3) is 0.783. The molecule has 1 aliphatic carbocycles. The summed E-state index contributed by atoms with van der Waals surface area (Å²) in [5, 5.41) is 8.79. The summed E-state index contributed by atoms with van der Waals surface area (Å²) in [5.74, 6) is 0. The Morgan fingerprint density at radius 3 is 2.68 bits per heavy atom. The van der Waals surface area contributed by atoms with Gasteiger partial charge in [0.2, 0.25) is 0 Å². The lowest BCUT2D eigenvalue weighted by atomic mass is 10.1. The molecule has 2 heterocycles. The largest absolute Gasteiger partial charge is 0.508 e. The molecule has 2 fully saturated rings. The Bertz CT molecular complexity index is 1060. The fourth-order valence-electron chi connectivity index (χ4n) is 4.47. The maximum Gasteiger partial charge on any atom is 0.508 e. The molecule has 1 saturated carbocycles. The molecule has 1 saturated heterocycles. The summed E-state index contributed by atoms with van der Waals surface area (Å²) < 4.78 is 48.5. The maximum absolute atomic E-state index is 12.8. The van der Waals surface area contributed by atoms with Gasteiger partial charge < -0.3 is 23.3 Å². The average Bonchev–Trinajstić information content (AvgIpc) is 3.51. The summed E-state index contributed by atoms with van der Waals surface area (Å²) in [6.45, 7) is 4.28. The number of nitriles is 1. The van der Waals surface area contributed by atoms with Crippen molar-refractivity contribution in [1.82, 2.24) is 9.55 Å². The van der Waals surface area contributed by atoms with E-state index in [-0.39, 0.29) is 38.3 Å². The van der Waals surface area contributed by atoms with Gasteiger partial charge in [0, 0.05) is 18.2 Å². The molecule has 0 radical (unpaired) electrons. The highest BCUT2D eigenvalue weighted by atomic mass is 31.2. The molecular weight excluding hydrogens is 538 g/mol. The van der Waals surface area contributed by atoms with Crippen LogP contribution in [0.5, 0.6) is 0 Å². The number of hydrogen-bond acceptors (Lipinski definition) is 11. The van der Waals surface area contributed by atoms with E-state index in [9.17, 15) is 14.2 Å². The number of nitrogens with two attached hydrogens (primary N) is 1. The molecule has 13 nitrogen and oxygen atoms in total. The van der Waals surface area contributed by atoms with Crippen LogP contribution in [0.1, 0.15) is 57.2 Å². The van der Waals surface area contributed by atoms with Crippen molar-refractivity contribution in [2.75, 3.05) is 32.6 Å². The normalized spacial score (nSPS) is 24.9. The van der Waals surface area contributed by atoms with Crippen LogP contribution < -0.4 is 16.8 Å². The summed E-state index contributed by atoms with van der Waals surface area (Å²) in [6.07, 6.45) is 3.29. The van der Waals surface area contributed by atoms with Crippen molar-refractivity contribution >= 4 is 16.6 Å². The van der Waals surface area contributed by atoms with Gasteiger partial charge in [0.1, 0.15) is 12.2 Å². The second-order valence-electron chi connectivity index (χ2n) is 9.02. The molecule has 212 valence electrons. The van der Waals surface area contributed by atoms with E-state index in [2.05, 4.69) is 4.98 Å². The molecule has 1 aromatic heterocycles. The van der Waals surface area contributed by atoms with Crippen LogP contribution in [0, 0.1) is 18.3 Å². The highest BCUT2D eigenvalue weighted by Gasteiger charge is 2.49. The lowest BCUT2D eigenvalue weighted by molar-refractivity contribution is -0.0865. The minimum Gasteiger partial charge on any atom is -0.376 e. The van der Waals surface area contributed by atoms with E-state index in [1.807, 2.05) is 6.07 Å². The van der Waals surface area contributed by atoms with Gasteiger partial charge in [0.25, 0.3) is 14.1 Å². The molecule has 1 aliphatic heterocycles. The number of nitrogens with zero attached hydrogens (tertiary/aromatic N) is 2. The highest BCUT2D eigenvalue weighted by Crippen LogP contribution is 2.42. The summed E-state index contributed by atoms with van der Waals surface area (Å²) in [7, 11) is -3.83. The van der Waals surface area contributed by atoms with Gasteiger partial charge in [-0.05, 0) is 31.3 Å². The van der Waals surface area contributed by atoms with E-state index < -0.39 is 52.3 Å². The molecule has 38 heavy (non-hydrogen) atoms. The van der Waals surface area contributed by atoms with Gasteiger partial charge in [-0.2, -0.15) is 5.26 Å². The lowest BCUT2D eigenvalue weighted by Gasteiger charge is -2.27. The number of aromatic amines is 1. The van der Waals surface area contributed by atoms with E-state index in [1.54, 1.807) is 13.8 Å². The Morgan fingerprint density at radius 1 is 1.24 bits per heavy atom. The molecule has 3 rings (SSSR count). The van der Waals surface area contributed by atoms with Crippen LogP contribution >= 0.6 is 16.6 Å². The molecular formula is C23H37N4O9P2+. The Hall–Kier alpha value is -1.58. The lowest BCUT2D eigenvalue weighted by Crippen LogP contribution is -2.41. The molecule has 6 atom stereocenters. The number of nitrogens with one attached hydrogen (secondary N) is 1. The topological polar surface area (TPSA) is 177 Å². The SMILES string of the molecule is CCO[P+](=O)CCC1O[C@@H](n2cc(C)c(=O)[nH]c2=O)[C@H](OCCOC2CCCC2)[C@@H]1OP(N)OCCC#N. The molecule has 0 aromatic carbocycles. The van der Waals surface area contributed by atoms with Crippen molar-refractivity contribution in [3.63, 3.8) is 0 Å². The van der Waals surface area contributed by atoms with Crippen molar-refractivity contribution in [2.45, 2.75) is 83.0 Å². The Morgan fingerprint density at radius 2 is 1.97 bits per heavy atom. The third-order valence-corrected chi connectivity index (χ3v) is 8.34. The molecule has 0 bridgehead atoms. The zero-order chi connectivity index (χ0) is 27.5. The number of ether oxygens (including phenoxy) is 3. The van der Waals surface area contributed by atoms with Crippen LogP contribution in [-0.4, -0.2) is 66.6 Å². The van der Waals surface area contributed by atoms with Crippen LogP contribution in [0.2, 0.25) is 0 Å². The van der Waals surface area contributed by atoms with E-state index in [0.29, 0.717) is 18.8 Å². The van der Waals surface area contributed by atoms with E-state index >= 15 is 0 Å². The second-order valence-corrected chi connectivity index (χ2v) is 11.4. The predicted octanol–water partition coefficient (Wildman–Crippen LogP) is 2.76. The van der Waals surface area contributed by atoms with Crippen molar-refractivity contribution in [3.05, 3.63) is 32.6 Å². The van der Waals surface area contributed by atoms with Crippen molar-refractivity contribution in [2.24, 2.45) is 5.50 Å². The fourth-order valence-corrected chi connectivity index (χ4v) is 6.18. The number of hydrogen-bond donors (Lipinski definition) is 2. The van der Waals surface area contributed by atoms with Gasteiger partial charge in [-0.15, -0.1) is 4.52 Å². The number of rotatable bonds is 16. The van der Waals surface area contributed by atoms with Gasteiger partial charge in [-0.25, -0.2) is 4.79 Å². The number of H-pyrrole nitrogens is 1. The molecule has 0 spiro atoms. The van der Waals surface area contributed by atoms with Gasteiger partial charge in [-0.1, -0.05) is 12.8 Å². The molecule has 3 unspecified atom stereocenters. The standard InChI is InChI=1S/C23H36N4O9P2/c1-3-33-37(30)14-9-18-19(36-38(25)34-11-6-10-24)20(32-13-12-31-17-7-4-5-8-17)22(35-18)27-15-16(2)21(28)26-23(27)29/h15,17-20,22H,3-9,11-14,25H2,1-2H3/p+1/t18?,19-,20-,22-,38?/m1/s1. The minimum absolute atomic E-state index is 0.0932. The van der Waals surface area contributed by atoms with Crippen LogP contribution in [0.4, 0.5) is 0 Å². The smallest absolute Gasteiger partial charge is 0.376 e. The molecule has 3 N–H and O–H groups in total. The monoisotopic (exact) mass is 575 g/mol. The van der Waals surface area contributed by atoms with Crippen LogP contribution in [0.15, 0.2) is 15.8 Å². The van der Waals surface area contributed by atoms with Crippen molar-refractivity contribution < 1.29 is 32.3 Å². The van der Waals surface area contributed by atoms with Crippen LogP contribution in [0.3, 0.4) is 0 Å². The molecule has 2 aliphatic rings. The van der Waals surface area contributed by atoms with Crippen LogP contribution in [-0.2, 0) is 32.3 Å². The number of aryl methyl sites for hydroxylation is 1. The second kappa shape index (κ2) is 15.9. The summed E-state index contributed by atoms with van der Waals surface area (Å²) >= 11 is 0. The zero-order valence-electron chi connectivity index (χ0n) is 21.8. The number of aromatic nitrogens is 2. The van der Waals surface area contributed by atoms with E-state index in [4.69, 9.17) is 38.5 Å². The van der Waals surface area contributed by atoms with Crippen molar-refractivity contribution in [1.29, 1.82) is 5.26 Å². The average molecular weight is 576 g/mol. The Labute approximate surface area is 223 Å². The van der Waals surface area contributed by atoms with Gasteiger partial charge in [-0.3, -0.25) is 19.8 Å². The summed E-state index contributed by atoms with van der Waals surface area (Å²) in [6, 6.07) is 1.98. The first-order chi connectivity index (χ1) is 18.3. The van der Waals surface area contributed by atoms with Crippen LogP contribution in [0.25, 0.3) is 0 Å². The van der Waals surface area contributed by atoms with Gasteiger partial charge in [0.05, 0.1) is 51.1 Å². The first-order valence-electron chi connectivity index (χ1n) is 12.8. The molecule has 1 aromatic rings. The minimum atomic E-state index is -1.92. The first kappa shape index (κ1) is 31.0. The molecule has 15 heteroatoms. The zero-order valence-corrected chi connectivity index (χ0v) is 23.6. The summed E-state index contributed by atoms with van der Waals surface area (Å²) in [4.78, 5) is 27.0. The Kier molecular flexibility index (Phi) is 12.9. The van der Waals surface area contributed by atoms with Gasteiger partial charge >= 0.3 is 13.7 Å². The van der Waals surface area contributed by atoms with Gasteiger partial charge in [0.15, 0.2) is 12.4 Å². The first-order valence-corrected chi connectivity index (χ1v) is 15.4. The van der Waals surface area contributed by atoms with E-state index in [0.717, 1.165) is 25.7 Å². The highest BCUT2D eigenvalue weighted by molar-refractivity contribution is 7.44. The third kappa shape index (κ3) is 8.98. The summed E-state index contributed by atoms with van der Waals surface area (Å²) in [5.41, 5.74) is 5.25. The van der Waals surface area contributed by atoms with E-state index in [1.165, 1.54) is 10.8 Å². The van der Waals surface area contributed by atoms with Crippen molar-refractivity contribution in [3.8, 4) is 6.07 Å². The Balaban J connectivity index is 1.82. The quantitative estimate of drug-likeness (QED) is 0.219. The maximum atomic E-state index is 12.8.